The Balaban J connectivity index is 1.87. The number of amides is 2. The van der Waals surface area contributed by atoms with Crippen molar-refractivity contribution in [3.05, 3.63) is 66.0 Å². The molecule has 120 valence electrons. The molecule has 0 saturated carbocycles. The Kier molecular flexibility index (Phi) is 3.13. The van der Waals surface area contributed by atoms with Crippen molar-refractivity contribution in [3.63, 3.8) is 0 Å². The molecule has 24 heavy (non-hydrogen) atoms. The normalized spacial score (nSPS) is 20.6. The van der Waals surface area contributed by atoms with Crippen LogP contribution >= 0.6 is 0 Å². The molecule has 0 aliphatic carbocycles. The van der Waals surface area contributed by atoms with E-state index in [1.165, 1.54) is 7.05 Å². The van der Waals surface area contributed by atoms with Gasteiger partial charge in [0.1, 0.15) is 0 Å². The topological polar surface area (TPSA) is 75.3 Å². The van der Waals surface area contributed by atoms with Crippen molar-refractivity contribution in [1.82, 2.24) is 14.9 Å². The number of aromatic nitrogens is 2. The number of aromatic amines is 1. The highest BCUT2D eigenvalue weighted by molar-refractivity contribution is 6.03. The average Bonchev–Trinajstić information content (AvgIpc) is 3.13. The van der Waals surface area contributed by atoms with Crippen molar-refractivity contribution in [3.8, 4) is 0 Å². The summed E-state index contributed by atoms with van der Waals surface area (Å²) in [6, 6.07) is 16.9. The summed E-state index contributed by atoms with van der Waals surface area (Å²) in [5.74, 6) is -0.0781. The first-order valence-electron chi connectivity index (χ1n) is 7.60. The zero-order chi connectivity index (χ0) is 16.7. The van der Waals surface area contributed by atoms with Crippen molar-refractivity contribution in [2.24, 2.45) is 0 Å². The molecule has 1 aromatic heterocycles. The van der Waals surface area contributed by atoms with Gasteiger partial charge < -0.3 is 9.72 Å². The number of imide groups is 1. The lowest BCUT2D eigenvalue weighted by atomic mass is 9.92. The van der Waals surface area contributed by atoms with Crippen molar-refractivity contribution in [2.75, 3.05) is 7.05 Å². The zero-order valence-electron chi connectivity index (χ0n) is 13.0. The van der Waals surface area contributed by atoms with E-state index in [1.54, 1.807) is 0 Å². The Labute approximate surface area is 138 Å². The van der Waals surface area contributed by atoms with Gasteiger partial charge in [0, 0.05) is 13.5 Å². The van der Waals surface area contributed by atoms with Crippen LogP contribution in [0.2, 0.25) is 0 Å². The predicted molar refractivity (Wildman–Crippen MR) is 87.2 cm³/mol. The zero-order valence-corrected chi connectivity index (χ0v) is 13.0. The molecular weight excluding hydrogens is 306 g/mol. The fourth-order valence-corrected chi connectivity index (χ4v) is 2.99. The molecule has 1 N–H and O–H groups in total. The number of ether oxygens (including phenoxy) is 1. The predicted octanol–water partition coefficient (Wildman–Crippen LogP) is 2.61. The molecule has 6 heteroatoms. The number of imidazole rings is 1. The van der Waals surface area contributed by atoms with Crippen LogP contribution in [-0.4, -0.2) is 33.9 Å². The number of hydrogen-bond acceptors (Lipinski definition) is 4. The van der Waals surface area contributed by atoms with Crippen LogP contribution in [0.15, 0.2) is 54.6 Å². The van der Waals surface area contributed by atoms with E-state index in [2.05, 4.69) is 9.97 Å². The van der Waals surface area contributed by atoms with E-state index in [1.807, 2.05) is 54.6 Å². The Morgan fingerprint density at radius 3 is 2.46 bits per heavy atom. The van der Waals surface area contributed by atoms with Gasteiger partial charge in [0.25, 0.3) is 11.5 Å². The number of hydrogen-bond donors (Lipinski definition) is 1. The quantitative estimate of drug-likeness (QED) is 0.804. The molecule has 1 saturated heterocycles. The summed E-state index contributed by atoms with van der Waals surface area (Å²) in [6.45, 7) is 0. The number of carbonyl (C=O) groups excluding carboxylic acids is 2. The van der Waals surface area contributed by atoms with Gasteiger partial charge in [0.05, 0.1) is 11.0 Å². The van der Waals surface area contributed by atoms with Crippen molar-refractivity contribution < 1.29 is 14.3 Å². The van der Waals surface area contributed by atoms with Crippen LogP contribution in [0, 0.1) is 0 Å². The van der Waals surface area contributed by atoms with Gasteiger partial charge >= 0.3 is 6.09 Å². The molecule has 1 aliphatic rings. The Morgan fingerprint density at radius 2 is 1.79 bits per heavy atom. The van der Waals surface area contributed by atoms with Gasteiger partial charge in [-0.1, -0.05) is 42.5 Å². The van der Waals surface area contributed by atoms with E-state index in [0.717, 1.165) is 21.5 Å². The largest absolute Gasteiger partial charge is 0.424 e. The minimum absolute atomic E-state index is 0.225. The van der Waals surface area contributed by atoms with Gasteiger partial charge in [0.2, 0.25) is 0 Å². The smallest absolute Gasteiger partial charge is 0.417 e. The number of H-pyrrole nitrogens is 1. The lowest BCUT2D eigenvalue weighted by Gasteiger charge is -2.22. The highest BCUT2D eigenvalue weighted by Gasteiger charge is 2.56. The van der Waals surface area contributed by atoms with E-state index in [0.29, 0.717) is 5.82 Å². The summed E-state index contributed by atoms with van der Waals surface area (Å²) in [4.78, 5) is 33.5. The van der Waals surface area contributed by atoms with Crippen LogP contribution in [0.1, 0.15) is 11.4 Å². The molecule has 0 unspecified atom stereocenters. The van der Waals surface area contributed by atoms with Crippen LogP contribution in [0.5, 0.6) is 0 Å². The average molecular weight is 321 g/mol. The number of fused-ring (bicyclic) bond motifs is 1. The Bertz CT molecular complexity index is 902. The molecule has 1 atom stereocenters. The third-order valence-electron chi connectivity index (χ3n) is 4.25. The Hall–Kier alpha value is -3.15. The van der Waals surface area contributed by atoms with Gasteiger partial charge in [-0.2, -0.15) is 0 Å². The van der Waals surface area contributed by atoms with Gasteiger partial charge in [0.15, 0.2) is 5.82 Å². The monoisotopic (exact) mass is 321 g/mol. The first-order chi connectivity index (χ1) is 11.6. The third kappa shape index (κ3) is 2.07. The minimum atomic E-state index is -1.47. The molecule has 4 rings (SSSR count). The fourth-order valence-electron chi connectivity index (χ4n) is 2.99. The number of cyclic esters (lactones) is 1. The maximum absolute atomic E-state index is 12.8. The van der Waals surface area contributed by atoms with Crippen LogP contribution in [0.25, 0.3) is 11.0 Å². The first-order valence-corrected chi connectivity index (χ1v) is 7.60. The molecule has 2 aromatic carbocycles. The van der Waals surface area contributed by atoms with Gasteiger partial charge in [-0.15, -0.1) is 0 Å². The van der Waals surface area contributed by atoms with E-state index in [9.17, 15) is 9.59 Å². The van der Waals surface area contributed by atoms with Gasteiger partial charge in [-0.3, -0.25) is 4.79 Å². The lowest BCUT2D eigenvalue weighted by Crippen LogP contribution is -2.40. The third-order valence-corrected chi connectivity index (χ3v) is 4.25. The molecular formula is C18H15N3O3. The number of nitrogens with one attached hydrogen (secondary N) is 1. The van der Waals surface area contributed by atoms with Gasteiger partial charge in [-0.05, 0) is 17.7 Å². The van der Waals surface area contributed by atoms with Crippen LogP contribution in [-0.2, 0) is 21.6 Å². The van der Waals surface area contributed by atoms with E-state index >= 15 is 0 Å². The summed E-state index contributed by atoms with van der Waals surface area (Å²) in [5.41, 5.74) is 0.928. The van der Waals surface area contributed by atoms with Gasteiger partial charge in [-0.25, -0.2) is 14.7 Å². The van der Waals surface area contributed by atoms with E-state index < -0.39 is 17.6 Å². The second kappa shape index (κ2) is 5.19. The van der Waals surface area contributed by atoms with Crippen LogP contribution in [0.3, 0.4) is 0 Å². The molecule has 0 spiro atoms. The number of carbonyl (C=O) groups is 2. The van der Waals surface area contributed by atoms with E-state index in [4.69, 9.17) is 4.74 Å². The molecule has 2 heterocycles. The van der Waals surface area contributed by atoms with Crippen LogP contribution < -0.4 is 0 Å². The second-order valence-electron chi connectivity index (χ2n) is 5.82. The number of para-hydroxylation sites is 2. The highest BCUT2D eigenvalue weighted by atomic mass is 16.6. The minimum Gasteiger partial charge on any atom is -0.424 e. The fraction of sp³-hybridized carbons (Fsp3) is 0.167. The number of benzene rings is 2. The maximum atomic E-state index is 12.8. The molecule has 1 aliphatic heterocycles. The number of likely N-dealkylation sites (N-methyl/N-ethyl adjacent to an activating group) is 1. The standard InChI is InChI=1S/C18H15N3O3/c1-21-16(22)18(24-17(21)23,11-12-7-3-2-4-8-12)15-19-13-9-5-6-10-14(13)20-15/h2-10H,11H2,1H3,(H,19,20)/t18-/m1/s1. The number of nitrogens with zero attached hydrogens (tertiary/aromatic N) is 2. The molecule has 1 fully saturated rings. The van der Waals surface area contributed by atoms with Crippen molar-refractivity contribution in [1.29, 1.82) is 0 Å². The summed E-state index contributed by atoms with van der Waals surface area (Å²) >= 11 is 0. The molecule has 3 aromatic rings. The molecule has 2 amide bonds. The maximum Gasteiger partial charge on any atom is 0.417 e. The summed E-state index contributed by atoms with van der Waals surface area (Å²) in [6.07, 6.45) is -0.445. The van der Waals surface area contributed by atoms with Crippen molar-refractivity contribution in [2.45, 2.75) is 12.0 Å². The molecule has 0 bridgehead atoms. The number of rotatable bonds is 3. The Morgan fingerprint density at radius 1 is 1.08 bits per heavy atom. The lowest BCUT2D eigenvalue weighted by molar-refractivity contribution is -0.137. The molecule has 0 radical (unpaired) electrons. The summed E-state index contributed by atoms with van der Waals surface area (Å²) in [5, 5.41) is 0. The summed E-state index contributed by atoms with van der Waals surface area (Å²) in [7, 11) is 1.42. The van der Waals surface area contributed by atoms with Crippen LogP contribution in [0.4, 0.5) is 4.79 Å². The van der Waals surface area contributed by atoms with E-state index in [-0.39, 0.29) is 6.42 Å². The first kappa shape index (κ1) is 14.4. The second-order valence-corrected chi connectivity index (χ2v) is 5.82. The SMILES string of the molecule is CN1C(=O)O[C@](Cc2ccccc2)(c2nc3ccccc3[nH]2)C1=O. The summed E-state index contributed by atoms with van der Waals surface area (Å²) < 4.78 is 5.54. The molecule has 6 nitrogen and oxygen atoms in total. The highest BCUT2D eigenvalue weighted by Crippen LogP contribution is 2.36. The van der Waals surface area contributed by atoms with Crippen molar-refractivity contribution >= 4 is 23.0 Å².